The third kappa shape index (κ3) is 3.90. The van der Waals surface area contributed by atoms with Crippen LogP contribution in [0.2, 0.25) is 0 Å². The van der Waals surface area contributed by atoms with Gasteiger partial charge in [-0.15, -0.1) is 0 Å². The molecule has 112 valence electrons. The van der Waals surface area contributed by atoms with Crippen molar-refractivity contribution >= 4 is 5.91 Å². The van der Waals surface area contributed by atoms with Gasteiger partial charge in [-0.1, -0.05) is 13.8 Å². The Bertz CT molecular complexity index is 535. The monoisotopic (exact) mass is 281 g/mol. The van der Waals surface area contributed by atoms with Gasteiger partial charge in [-0.05, 0) is 20.3 Å². The highest BCUT2D eigenvalue weighted by Crippen LogP contribution is 2.10. The van der Waals surface area contributed by atoms with Crippen molar-refractivity contribution in [2.24, 2.45) is 0 Å². The molecule has 6 nitrogen and oxygen atoms in total. The first kappa shape index (κ1) is 16.4. The molecule has 0 aliphatic heterocycles. The first-order valence-corrected chi connectivity index (χ1v) is 6.78. The molecule has 0 radical (unpaired) electrons. The van der Waals surface area contributed by atoms with E-state index in [1.54, 1.807) is 20.9 Å². The van der Waals surface area contributed by atoms with Crippen molar-refractivity contribution in [1.82, 2.24) is 14.9 Å². The van der Waals surface area contributed by atoms with Gasteiger partial charge in [0.05, 0.1) is 11.8 Å². The standard InChI is InChI=1S/C14H23N3O3/c1-8(2)12-15-10(4)11(13(19)16-12)14(20)17(5)7-6-9(3)18/h8-9,18H,6-7H2,1-5H3,(H,15,16,19). The van der Waals surface area contributed by atoms with Crippen molar-refractivity contribution in [3.05, 3.63) is 27.4 Å². The molecule has 1 atom stereocenters. The summed E-state index contributed by atoms with van der Waals surface area (Å²) in [5.74, 6) is 0.307. The summed E-state index contributed by atoms with van der Waals surface area (Å²) in [7, 11) is 1.61. The van der Waals surface area contributed by atoms with Crippen LogP contribution in [-0.2, 0) is 0 Å². The average Bonchev–Trinajstić information content (AvgIpc) is 2.34. The Kier molecular flexibility index (Phi) is 5.44. The van der Waals surface area contributed by atoms with Gasteiger partial charge in [0.25, 0.3) is 11.5 Å². The molecule has 20 heavy (non-hydrogen) atoms. The molecule has 0 saturated heterocycles. The van der Waals surface area contributed by atoms with Gasteiger partial charge in [0, 0.05) is 19.5 Å². The van der Waals surface area contributed by atoms with E-state index in [1.165, 1.54) is 4.90 Å². The van der Waals surface area contributed by atoms with Gasteiger partial charge in [-0.2, -0.15) is 0 Å². The lowest BCUT2D eigenvalue weighted by atomic mass is 10.1. The quantitative estimate of drug-likeness (QED) is 0.844. The van der Waals surface area contributed by atoms with E-state index in [-0.39, 0.29) is 17.4 Å². The van der Waals surface area contributed by atoms with Crippen LogP contribution in [0.3, 0.4) is 0 Å². The minimum atomic E-state index is -0.480. The minimum Gasteiger partial charge on any atom is -0.393 e. The molecule has 1 rings (SSSR count). The van der Waals surface area contributed by atoms with Crippen LogP contribution in [0, 0.1) is 6.92 Å². The highest BCUT2D eigenvalue weighted by atomic mass is 16.3. The average molecular weight is 281 g/mol. The number of hydrogen-bond donors (Lipinski definition) is 2. The van der Waals surface area contributed by atoms with Gasteiger partial charge in [0.1, 0.15) is 11.4 Å². The number of carbonyl (C=O) groups is 1. The smallest absolute Gasteiger partial charge is 0.264 e. The van der Waals surface area contributed by atoms with Crippen LogP contribution in [0.15, 0.2) is 4.79 Å². The third-order valence-electron chi connectivity index (χ3n) is 3.11. The number of H-pyrrole nitrogens is 1. The maximum absolute atomic E-state index is 12.3. The van der Waals surface area contributed by atoms with E-state index in [0.29, 0.717) is 24.5 Å². The molecule has 0 bridgehead atoms. The minimum absolute atomic E-state index is 0.0718. The second-order valence-corrected chi connectivity index (χ2v) is 5.43. The van der Waals surface area contributed by atoms with E-state index >= 15 is 0 Å². The van der Waals surface area contributed by atoms with Crippen molar-refractivity contribution in [3.8, 4) is 0 Å². The summed E-state index contributed by atoms with van der Waals surface area (Å²) in [5, 5.41) is 9.24. The summed E-state index contributed by atoms with van der Waals surface area (Å²) < 4.78 is 0. The summed E-state index contributed by atoms with van der Waals surface area (Å²) in [5.41, 5.74) is 0.101. The maximum atomic E-state index is 12.3. The molecule has 1 aromatic rings. The molecule has 1 amide bonds. The van der Waals surface area contributed by atoms with Crippen LogP contribution >= 0.6 is 0 Å². The van der Waals surface area contributed by atoms with Crippen LogP contribution in [0.5, 0.6) is 0 Å². The van der Waals surface area contributed by atoms with E-state index in [9.17, 15) is 14.7 Å². The number of amides is 1. The molecule has 2 N–H and O–H groups in total. The number of aromatic nitrogens is 2. The van der Waals surface area contributed by atoms with Gasteiger partial charge in [0.15, 0.2) is 0 Å². The van der Waals surface area contributed by atoms with Crippen molar-refractivity contribution in [3.63, 3.8) is 0 Å². The Morgan fingerprint density at radius 3 is 2.45 bits per heavy atom. The van der Waals surface area contributed by atoms with E-state index in [0.717, 1.165) is 0 Å². The van der Waals surface area contributed by atoms with E-state index < -0.39 is 11.7 Å². The number of aromatic amines is 1. The lowest BCUT2D eigenvalue weighted by Crippen LogP contribution is -2.35. The number of nitrogens with one attached hydrogen (secondary N) is 1. The number of hydrogen-bond acceptors (Lipinski definition) is 4. The Morgan fingerprint density at radius 1 is 1.40 bits per heavy atom. The summed E-state index contributed by atoms with van der Waals surface area (Å²) >= 11 is 0. The Balaban J connectivity index is 3.02. The normalized spacial score (nSPS) is 12.6. The number of nitrogens with zero attached hydrogens (tertiary/aromatic N) is 2. The number of aliphatic hydroxyl groups is 1. The van der Waals surface area contributed by atoms with Crippen molar-refractivity contribution in [2.75, 3.05) is 13.6 Å². The van der Waals surface area contributed by atoms with Crippen LogP contribution < -0.4 is 5.56 Å². The number of aliphatic hydroxyl groups excluding tert-OH is 1. The molecule has 0 spiro atoms. The van der Waals surface area contributed by atoms with Gasteiger partial charge in [-0.3, -0.25) is 9.59 Å². The highest BCUT2D eigenvalue weighted by Gasteiger charge is 2.20. The molecule has 0 aliphatic rings. The predicted octanol–water partition coefficient (Wildman–Crippen LogP) is 1.04. The zero-order chi connectivity index (χ0) is 15.4. The lowest BCUT2D eigenvalue weighted by Gasteiger charge is -2.18. The summed E-state index contributed by atoms with van der Waals surface area (Å²) in [6.45, 7) is 7.56. The molecular weight excluding hydrogens is 258 g/mol. The first-order valence-electron chi connectivity index (χ1n) is 6.78. The molecule has 1 aromatic heterocycles. The maximum Gasteiger partial charge on any atom is 0.264 e. The van der Waals surface area contributed by atoms with Gasteiger partial charge < -0.3 is 15.0 Å². The Labute approximate surface area is 118 Å². The van der Waals surface area contributed by atoms with Crippen LogP contribution in [-0.4, -0.2) is 45.6 Å². The third-order valence-corrected chi connectivity index (χ3v) is 3.11. The second-order valence-electron chi connectivity index (χ2n) is 5.43. The highest BCUT2D eigenvalue weighted by molar-refractivity contribution is 5.94. The topological polar surface area (TPSA) is 86.3 Å². The largest absolute Gasteiger partial charge is 0.393 e. The second kappa shape index (κ2) is 6.65. The zero-order valence-electron chi connectivity index (χ0n) is 12.7. The van der Waals surface area contributed by atoms with E-state index in [1.807, 2.05) is 13.8 Å². The molecule has 0 fully saturated rings. The summed E-state index contributed by atoms with van der Waals surface area (Å²) in [6, 6.07) is 0. The van der Waals surface area contributed by atoms with E-state index in [2.05, 4.69) is 9.97 Å². The molecule has 1 unspecified atom stereocenters. The molecule has 0 aliphatic carbocycles. The molecule has 6 heteroatoms. The molecule has 1 heterocycles. The van der Waals surface area contributed by atoms with Crippen LogP contribution in [0.25, 0.3) is 0 Å². The van der Waals surface area contributed by atoms with Crippen LogP contribution in [0.4, 0.5) is 0 Å². The van der Waals surface area contributed by atoms with Gasteiger partial charge in [-0.25, -0.2) is 4.98 Å². The van der Waals surface area contributed by atoms with Gasteiger partial charge >= 0.3 is 0 Å². The summed E-state index contributed by atoms with van der Waals surface area (Å²) in [4.78, 5) is 32.7. The zero-order valence-corrected chi connectivity index (χ0v) is 12.7. The molecule has 0 aromatic carbocycles. The van der Waals surface area contributed by atoms with E-state index in [4.69, 9.17) is 0 Å². The predicted molar refractivity (Wildman–Crippen MR) is 76.9 cm³/mol. The summed E-state index contributed by atoms with van der Waals surface area (Å²) in [6.07, 6.45) is -0.0115. The van der Waals surface area contributed by atoms with Crippen molar-refractivity contribution < 1.29 is 9.90 Å². The Morgan fingerprint density at radius 2 is 2.00 bits per heavy atom. The number of carbonyl (C=O) groups excluding carboxylic acids is 1. The molecule has 0 saturated carbocycles. The van der Waals surface area contributed by atoms with Crippen molar-refractivity contribution in [1.29, 1.82) is 0 Å². The number of aryl methyl sites for hydroxylation is 1. The van der Waals surface area contributed by atoms with Crippen LogP contribution in [0.1, 0.15) is 55.0 Å². The fraction of sp³-hybridized carbons (Fsp3) is 0.643. The van der Waals surface area contributed by atoms with Gasteiger partial charge in [0.2, 0.25) is 0 Å². The fourth-order valence-corrected chi connectivity index (χ4v) is 1.81. The lowest BCUT2D eigenvalue weighted by molar-refractivity contribution is 0.0766. The van der Waals surface area contributed by atoms with Crippen molar-refractivity contribution in [2.45, 2.75) is 46.1 Å². The molecular formula is C14H23N3O3. The fourth-order valence-electron chi connectivity index (χ4n) is 1.81. The number of rotatable bonds is 5. The first-order chi connectivity index (χ1) is 9.23. The SMILES string of the molecule is Cc1nc(C(C)C)[nH]c(=O)c1C(=O)N(C)CCC(C)O. The Hall–Kier alpha value is -1.69.